The van der Waals surface area contributed by atoms with Crippen molar-refractivity contribution in [3.05, 3.63) is 47.4 Å². The van der Waals surface area contributed by atoms with Crippen molar-refractivity contribution in [1.82, 2.24) is 19.5 Å². The van der Waals surface area contributed by atoms with E-state index in [1.807, 2.05) is 35.9 Å². The zero-order valence-electron chi connectivity index (χ0n) is 12.9. The number of nitrogens with zero attached hydrogens (tertiary/aromatic N) is 4. The van der Waals surface area contributed by atoms with Crippen LogP contribution < -0.4 is 0 Å². The minimum atomic E-state index is 0.765. The van der Waals surface area contributed by atoms with Crippen molar-refractivity contribution in [1.29, 1.82) is 0 Å². The third-order valence-corrected chi connectivity index (χ3v) is 5.92. The summed E-state index contributed by atoms with van der Waals surface area (Å²) in [4.78, 5) is 16.3. The van der Waals surface area contributed by atoms with Crippen molar-refractivity contribution in [2.75, 3.05) is 0 Å². The first-order chi connectivity index (χ1) is 11.3. The van der Waals surface area contributed by atoms with Gasteiger partial charge in [-0.1, -0.05) is 19.1 Å². The molecule has 1 aromatic carbocycles. The van der Waals surface area contributed by atoms with E-state index in [4.69, 9.17) is 0 Å². The van der Waals surface area contributed by atoms with Gasteiger partial charge in [-0.3, -0.25) is 4.57 Å². The molecule has 114 valence electrons. The highest BCUT2D eigenvalue weighted by molar-refractivity contribution is 7.18. The molecule has 0 bridgehead atoms. The molecular weight excluding hydrogens is 304 g/mol. The summed E-state index contributed by atoms with van der Waals surface area (Å²) in [6, 6.07) is 8.19. The van der Waals surface area contributed by atoms with Crippen LogP contribution in [0.5, 0.6) is 0 Å². The van der Waals surface area contributed by atoms with Crippen molar-refractivity contribution in [3.8, 4) is 5.82 Å². The summed E-state index contributed by atoms with van der Waals surface area (Å²) in [5.74, 6) is 1.73. The van der Waals surface area contributed by atoms with Crippen LogP contribution in [0.1, 0.15) is 23.8 Å². The van der Waals surface area contributed by atoms with Gasteiger partial charge in [0.1, 0.15) is 17.5 Å². The molecule has 23 heavy (non-hydrogen) atoms. The number of fused-ring (bicyclic) bond motifs is 4. The topological polar surface area (TPSA) is 43.6 Å². The highest BCUT2D eigenvalue weighted by Gasteiger charge is 2.23. The fourth-order valence-corrected chi connectivity index (χ4v) is 4.91. The van der Waals surface area contributed by atoms with Gasteiger partial charge in [-0.25, -0.2) is 15.0 Å². The van der Waals surface area contributed by atoms with Crippen LogP contribution in [0.3, 0.4) is 0 Å². The molecule has 0 saturated heterocycles. The van der Waals surface area contributed by atoms with E-state index in [0.29, 0.717) is 0 Å². The molecule has 0 radical (unpaired) electrons. The van der Waals surface area contributed by atoms with Gasteiger partial charge < -0.3 is 0 Å². The Morgan fingerprint density at radius 2 is 2.09 bits per heavy atom. The van der Waals surface area contributed by atoms with Crippen LogP contribution in [0.25, 0.3) is 27.1 Å². The van der Waals surface area contributed by atoms with Crippen molar-refractivity contribution in [3.63, 3.8) is 0 Å². The second-order valence-electron chi connectivity index (χ2n) is 6.33. The number of hydrogen-bond donors (Lipinski definition) is 0. The molecule has 5 rings (SSSR count). The monoisotopic (exact) mass is 320 g/mol. The number of para-hydroxylation sites is 2. The highest BCUT2D eigenvalue weighted by atomic mass is 32.1. The Morgan fingerprint density at radius 3 is 3.04 bits per heavy atom. The Bertz CT molecular complexity index is 1030. The van der Waals surface area contributed by atoms with Gasteiger partial charge in [0, 0.05) is 4.88 Å². The average Bonchev–Trinajstić information content (AvgIpc) is 3.15. The molecule has 0 spiro atoms. The first-order valence-corrected chi connectivity index (χ1v) is 8.80. The molecule has 4 aromatic rings. The van der Waals surface area contributed by atoms with Crippen LogP contribution in [0.4, 0.5) is 0 Å². The molecule has 0 fully saturated rings. The zero-order chi connectivity index (χ0) is 15.4. The molecule has 0 saturated carbocycles. The summed E-state index contributed by atoms with van der Waals surface area (Å²) >= 11 is 1.84. The number of aryl methyl sites for hydroxylation is 1. The average molecular weight is 320 g/mol. The Morgan fingerprint density at radius 1 is 1.17 bits per heavy atom. The molecule has 1 aliphatic carbocycles. The van der Waals surface area contributed by atoms with Crippen LogP contribution >= 0.6 is 11.3 Å². The number of imidazole rings is 1. The minimum absolute atomic E-state index is 0.765. The lowest BCUT2D eigenvalue weighted by Gasteiger charge is -2.18. The van der Waals surface area contributed by atoms with Gasteiger partial charge in [0.2, 0.25) is 0 Å². The van der Waals surface area contributed by atoms with Gasteiger partial charge in [0.15, 0.2) is 5.82 Å². The number of hydrogen-bond acceptors (Lipinski definition) is 4. The summed E-state index contributed by atoms with van der Waals surface area (Å²) in [5.41, 5.74) is 3.55. The van der Waals surface area contributed by atoms with Crippen molar-refractivity contribution < 1.29 is 0 Å². The van der Waals surface area contributed by atoms with Gasteiger partial charge in [-0.05, 0) is 42.9 Å². The standard InChI is InChI=1S/C18H16N4S/c1-11-6-7-12-15(8-11)23-18-16(12)17(19-9-20-18)22-10-21-13-4-2-3-5-14(13)22/h2-5,9-11H,6-8H2,1H3. The maximum absolute atomic E-state index is 4.62. The molecule has 0 aliphatic heterocycles. The van der Waals surface area contributed by atoms with Crippen molar-refractivity contribution in [2.45, 2.75) is 26.2 Å². The first kappa shape index (κ1) is 13.2. The molecule has 0 N–H and O–H groups in total. The van der Waals surface area contributed by atoms with Crippen molar-refractivity contribution >= 4 is 32.6 Å². The van der Waals surface area contributed by atoms with Gasteiger partial charge in [-0.2, -0.15) is 0 Å². The Labute approximate surface area is 137 Å². The molecule has 1 unspecified atom stereocenters. The number of rotatable bonds is 1. The first-order valence-electron chi connectivity index (χ1n) is 7.99. The van der Waals surface area contributed by atoms with E-state index in [0.717, 1.165) is 34.0 Å². The van der Waals surface area contributed by atoms with Crippen LogP contribution in [0.15, 0.2) is 36.9 Å². The Kier molecular flexibility index (Phi) is 2.79. The normalized spacial score (nSPS) is 17.7. The lowest BCUT2D eigenvalue weighted by molar-refractivity contribution is 0.509. The lowest BCUT2D eigenvalue weighted by atomic mass is 9.89. The summed E-state index contributed by atoms with van der Waals surface area (Å²) in [6.07, 6.45) is 7.10. The number of thiophene rings is 1. The summed E-state index contributed by atoms with van der Waals surface area (Å²) in [6.45, 7) is 2.34. The number of aromatic nitrogens is 4. The number of benzene rings is 1. The fourth-order valence-electron chi connectivity index (χ4n) is 3.57. The van der Waals surface area contributed by atoms with Gasteiger partial charge >= 0.3 is 0 Å². The van der Waals surface area contributed by atoms with Gasteiger partial charge in [-0.15, -0.1) is 11.3 Å². The summed E-state index contributed by atoms with van der Waals surface area (Å²) < 4.78 is 2.10. The third kappa shape index (κ3) is 1.93. The van der Waals surface area contributed by atoms with E-state index >= 15 is 0 Å². The second-order valence-corrected chi connectivity index (χ2v) is 7.42. The van der Waals surface area contributed by atoms with E-state index in [-0.39, 0.29) is 0 Å². The quantitative estimate of drug-likeness (QED) is 0.529. The summed E-state index contributed by atoms with van der Waals surface area (Å²) in [5, 5.41) is 1.22. The second kappa shape index (κ2) is 4.86. The molecular formula is C18H16N4S. The maximum Gasteiger partial charge on any atom is 0.150 e. The van der Waals surface area contributed by atoms with E-state index in [2.05, 4.69) is 32.5 Å². The van der Waals surface area contributed by atoms with E-state index in [9.17, 15) is 0 Å². The SMILES string of the molecule is CC1CCc2c(sc3ncnc(-n4cnc5ccccc54)c23)C1. The predicted molar refractivity (Wildman–Crippen MR) is 93.2 cm³/mol. The van der Waals surface area contributed by atoms with Gasteiger partial charge in [0.05, 0.1) is 16.4 Å². The minimum Gasteiger partial charge on any atom is -0.282 e. The van der Waals surface area contributed by atoms with E-state index in [1.165, 1.54) is 28.7 Å². The molecule has 1 atom stereocenters. The smallest absolute Gasteiger partial charge is 0.150 e. The highest BCUT2D eigenvalue weighted by Crippen LogP contribution is 2.39. The predicted octanol–water partition coefficient (Wildman–Crippen LogP) is 4.16. The largest absolute Gasteiger partial charge is 0.282 e. The van der Waals surface area contributed by atoms with E-state index in [1.54, 1.807) is 6.33 Å². The zero-order valence-corrected chi connectivity index (χ0v) is 13.7. The molecule has 3 aromatic heterocycles. The van der Waals surface area contributed by atoms with Crippen LogP contribution in [-0.4, -0.2) is 19.5 Å². The molecule has 5 heteroatoms. The van der Waals surface area contributed by atoms with Crippen molar-refractivity contribution in [2.24, 2.45) is 5.92 Å². The molecule has 4 nitrogen and oxygen atoms in total. The molecule has 3 heterocycles. The summed E-state index contributed by atoms with van der Waals surface area (Å²) in [7, 11) is 0. The Balaban J connectivity index is 1.82. The Hall–Kier alpha value is -2.27. The maximum atomic E-state index is 4.62. The van der Waals surface area contributed by atoms with Gasteiger partial charge in [0.25, 0.3) is 0 Å². The lowest BCUT2D eigenvalue weighted by Crippen LogP contribution is -2.09. The molecule has 0 amide bonds. The third-order valence-electron chi connectivity index (χ3n) is 4.75. The molecule has 1 aliphatic rings. The van der Waals surface area contributed by atoms with Crippen LogP contribution in [0, 0.1) is 5.92 Å². The fraction of sp³-hybridized carbons (Fsp3) is 0.278. The van der Waals surface area contributed by atoms with Crippen LogP contribution in [-0.2, 0) is 12.8 Å². The van der Waals surface area contributed by atoms with E-state index < -0.39 is 0 Å². The van der Waals surface area contributed by atoms with Crippen LogP contribution in [0.2, 0.25) is 0 Å².